The number of hydrogen-bond donors (Lipinski definition) is 1. The summed E-state index contributed by atoms with van der Waals surface area (Å²) in [6, 6.07) is 14.7. The number of amides is 2. The van der Waals surface area contributed by atoms with Crippen molar-refractivity contribution in [3.63, 3.8) is 0 Å². The Kier molecular flexibility index (Phi) is 9.09. The van der Waals surface area contributed by atoms with E-state index < -0.39 is 28.5 Å². The molecule has 2 aromatic carbocycles. The Hall–Kier alpha value is -2.58. The van der Waals surface area contributed by atoms with Gasteiger partial charge in [-0.25, -0.2) is 8.42 Å². The number of nitrogens with one attached hydrogen (secondary N) is 1. The summed E-state index contributed by atoms with van der Waals surface area (Å²) in [6.07, 6.45) is 1.42. The van der Waals surface area contributed by atoms with Gasteiger partial charge in [0, 0.05) is 17.6 Å². The van der Waals surface area contributed by atoms with Gasteiger partial charge in [-0.3, -0.25) is 13.9 Å². The van der Waals surface area contributed by atoms with Gasteiger partial charge >= 0.3 is 0 Å². The summed E-state index contributed by atoms with van der Waals surface area (Å²) in [5.74, 6) is -0.759. The first kappa shape index (κ1) is 25.7. The predicted octanol–water partition coefficient (Wildman–Crippen LogP) is 3.44. The van der Waals surface area contributed by atoms with Crippen molar-refractivity contribution < 1.29 is 18.0 Å². The number of sulfonamides is 1. The number of nitrogens with zero attached hydrogens (tertiary/aromatic N) is 2. The minimum absolute atomic E-state index is 0.0933. The van der Waals surface area contributed by atoms with Gasteiger partial charge in [0.05, 0.1) is 11.9 Å². The lowest BCUT2D eigenvalue weighted by Gasteiger charge is -2.33. The molecule has 2 aromatic rings. The van der Waals surface area contributed by atoms with E-state index in [1.807, 2.05) is 51.1 Å². The molecule has 0 aromatic heterocycles. The van der Waals surface area contributed by atoms with E-state index in [4.69, 9.17) is 11.6 Å². The van der Waals surface area contributed by atoms with E-state index in [0.717, 1.165) is 16.1 Å². The number of halogens is 1. The second-order valence-corrected chi connectivity index (χ2v) is 10.2. The Labute approximate surface area is 195 Å². The van der Waals surface area contributed by atoms with Gasteiger partial charge in [-0.05, 0) is 44.0 Å². The van der Waals surface area contributed by atoms with Crippen LogP contribution in [0.3, 0.4) is 0 Å². The summed E-state index contributed by atoms with van der Waals surface area (Å²) in [5, 5.41) is 3.21. The summed E-state index contributed by atoms with van der Waals surface area (Å²) >= 11 is 6.04. The Morgan fingerprint density at radius 2 is 1.72 bits per heavy atom. The maximum atomic E-state index is 13.5. The van der Waals surface area contributed by atoms with Crippen LogP contribution in [0.2, 0.25) is 5.02 Å². The molecule has 7 nitrogen and oxygen atoms in total. The molecule has 174 valence electrons. The second kappa shape index (κ2) is 11.3. The lowest BCUT2D eigenvalue weighted by Crippen LogP contribution is -2.53. The zero-order valence-corrected chi connectivity index (χ0v) is 20.4. The Bertz CT molecular complexity index is 1030. The average molecular weight is 480 g/mol. The van der Waals surface area contributed by atoms with E-state index in [1.165, 1.54) is 11.0 Å². The van der Waals surface area contributed by atoms with E-state index in [-0.39, 0.29) is 24.2 Å². The van der Waals surface area contributed by atoms with Crippen LogP contribution >= 0.6 is 11.6 Å². The second-order valence-electron chi connectivity index (χ2n) is 7.84. The van der Waals surface area contributed by atoms with Crippen LogP contribution in [-0.2, 0) is 26.2 Å². The van der Waals surface area contributed by atoms with Crippen LogP contribution in [0.1, 0.15) is 32.8 Å². The molecule has 0 aliphatic heterocycles. The standard InChI is InChI=1S/C23H30ClN3O4S/c1-5-21(23(29)25-17(2)3)26(15-18-10-7-6-8-11-18)22(28)16-27(32(4,30)31)20-13-9-12-19(24)14-20/h6-14,17,21H,5,15-16H2,1-4H3,(H,25,29). The quantitative estimate of drug-likeness (QED) is 0.565. The van der Waals surface area contributed by atoms with Crippen LogP contribution < -0.4 is 9.62 Å². The van der Waals surface area contributed by atoms with E-state index in [2.05, 4.69) is 5.32 Å². The molecule has 0 aliphatic carbocycles. The number of benzene rings is 2. The summed E-state index contributed by atoms with van der Waals surface area (Å²) in [7, 11) is -3.78. The van der Waals surface area contributed by atoms with Gasteiger partial charge in [-0.15, -0.1) is 0 Å². The molecular weight excluding hydrogens is 450 g/mol. The largest absolute Gasteiger partial charge is 0.352 e. The zero-order valence-electron chi connectivity index (χ0n) is 18.8. The van der Waals surface area contributed by atoms with Crippen molar-refractivity contribution in [2.45, 2.75) is 45.8 Å². The van der Waals surface area contributed by atoms with Crippen LogP contribution in [0.4, 0.5) is 5.69 Å². The molecule has 9 heteroatoms. The van der Waals surface area contributed by atoms with Crippen molar-refractivity contribution >= 4 is 39.1 Å². The van der Waals surface area contributed by atoms with Gasteiger partial charge in [-0.2, -0.15) is 0 Å². The van der Waals surface area contributed by atoms with Gasteiger partial charge in [0.2, 0.25) is 21.8 Å². The predicted molar refractivity (Wildman–Crippen MR) is 128 cm³/mol. The lowest BCUT2D eigenvalue weighted by atomic mass is 10.1. The maximum absolute atomic E-state index is 13.5. The summed E-state index contributed by atoms with van der Waals surface area (Å²) in [5.41, 5.74) is 1.12. The average Bonchev–Trinajstić information content (AvgIpc) is 2.71. The smallest absolute Gasteiger partial charge is 0.244 e. The van der Waals surface area contributed by atoms with Gasteiger partial charge in [0.25, 0.3) is 0 Å². The Balaban J connectivity index is 2.41. The third-order valence-corrected chi connectivity index (χ3v) is 6.16. The van der Waals surface area contributed by atoms with Crippen LogP contribution in [0.5, 0.6) is 0 Å². The minimum Gasteiger partial charge on any atom is -0.352 e. The summed E-state index contributed by atoms with van der Waals surface area (Å²) < 4.78 is 26.0. The first-order valence-corrected chi connectivity index (χ1v) is 12.6. The van der Waals surface area contributed by atoms with Crippen molar-refractivity contribution in [2.75, 3.05) is 17.1 Å². The molecule has 0 radical (unpaired) electrons. The fourth-order valence-corrected chi connectivity index (χ4v) is 4.35. The van der Waals surface area contributed by atoms with E-state index in [0.29, 0.717) is 11.4 Å². The monoisotopic (exact) mass is 479 g/mol. The van der Waals surface area contributed by atoms with Crippen LogP contribution in [0, 0.1) is 0 Å². The van der Waals surface area contributed by atoms with Crippen molar-refractivity contribution in [2.24, 2.45) is 0 Å². The molecule has 32 heavy (non-hydrogen) atoms. The highest BCUT2D eigenvalue weighted by atomic mass is 35.5. The number of hydrogen-bond acceptors (Lipinski definition) is 4. The van der Waals surface area contributed by atoms with Crippen molar-refractivity contribution in [1.82, 2.24) is 10.2 Å². The topological polar surface area (TPSA) is 86.8 Å². The summed E-state index contributed by atoms with van der Waals surface area (Å²) in [6.45, 7) is 5.24. The van der Waals surface area contributed by atoms with Crippen molar-refractivity contribution in [1.29, 1.82) is 0 Å². The van der Waals surface area contributed by atoms with Crippen LogP contribution in [0.15, 0.2) is 54.6 Å². The fourth-order valence-electron chi connectivity index (χ4n) is 3.33. The van der Waals surface area contributed by atoms with Crippen molar-refractivity contribution in [3.8, 4) is 0 Å². The van der Waals surface area contributed by atoms with Gasteiger partial charge < -0.3 is 10.2 Å². The first-order valence-electron chi connectivity index (χ1n) is 10.4. The highest BCUT2D eigenvalue weighted by molar-refractivity contribution is 7.92. The molecule has 0 spiro atoms. The third kappa shape index (κ3) is 7.24. The molecule has 0 saturated heterocycles. The SMILES string of the molecule is CCC(C(=O)NC(C)C)N(Cc1ccccc1)C(=O)CN(c1cccc(Cl)c1)S(C)(=O)=O. The van der Waals surface area contributed by atoms with Gasteiger partial charge in [0.15, 0.2) is 0 Å². The van der Waals surface area contributed by atoms with Crippen molar-refractivity contribution in [3.05, 3.63) is 65.2 Å². The normalized spacial score (nSPS) is 12.3. The maximum Gasteiger partial charge on any atom is 0.244 e. The Morgan fingerprint density at radius 3 is 2.25 bits per heavy atom. The highest BCUT2D eigenvalue weighted by Crippen LogP contribution is 2.23. The highest BCUT2D eigenvalue weighted by Gasteiger charge is 2.31. The summed E-state index contributed by atoms with van der Waals surface area (Å²) in [4.78, 5) is 27.8. The number of anilines is 1. The van der Waals surface area contributed by atoms with Gasteiger partial charge in [0.1, 0.15) is 12.6 Å². The number of carbonyl (C=O) groups excluding carboxylic acids is 2. The van der Waals surface area contributed by atoms with Gasteiger partial charge in [-0.1, -0.05) is 54.9 Å². The molecular formula is C23H30ClN3O4S. The molecule has 0 saturated carbocycles. The molecule has 1 N–H and O–H groups in total. The fraction of sp³-hybridized carbons (Fsp3) is 0.391. The third-order valence-electron chi connectivity index (χ3n) is 4.79. The molecule has 1 unspecified atom stereocenters. The van der Waals surface area contributed by atoms with E-state index in [9.17, 15) is 18.0 Å². The molecule has 0 heterocycles. The van der Waals surface area contributed by atoms with Crippen LogP contribution in [-0.4, -0.2) is 50.0 Å². The lowest BCUT2D eigenvalue weighted by molar-refractivity contribution is -0.140. The number of rotatable bonds is 10. The van der Waals surface area contributed by atoms with E-state index in [1.54, 1.807) is 18.2 Å². The molecule has 1 atom stereocenters. The molecule has 0 aliphatic rings. The molecule has 0 bridgehead atoms. The van der Waals surface area contributed by atoms with E-state index >= 15 is 0 Å². The number of carbonyl (C=O) groups is 2. The minimum atomic E-state index is -3.78. The molecule has 2 rings (SSSR count). The Morgan fingerprint density at radius 1 is 1.06 bits per heavy atom. The molecule has 0 fully saturated rings. The molecule has 2 amide bonds. The van der Waals surface area contributed by atoms with Crippen LogP contribution in [0.25, 0.3) is 0 Å². The zero-order chi connectivity index (χ0) is 23.9. The first-order chi connectivity index (χ1) is 15.0.